The quantitative estimate of drug-likeness (QED) is 0.627. The number of aromatic nitrogens is 2. The number of nitrogens with zero attached hydrogens (tertiary/aromatic N) is 1. The molecule has 0 fully saturated rings. The van der Waals surface area contributed by atoms with Gasteiger partial charge in [0.1, 0.15) is 11.3 Å². The van der Waals surface area contributed by atoms with Gasteiger partial charge >= 0.3 is 5.97 Å². The molecule has 0 spiro atoms. The van der Waals surface area contributed by atoms with E-state index >= 15 is 0 Å². The Labute approximate surface area is 114 Å². The van der Waals surface area contributed by atoms with E-state index in [0.29, 0.717) is 5.69 Å². The van der Waals surface area contributed by atoms with Crippen molar-refractivity contribution < 1.29 is 23.4 Å². The summed E-state index contributed by atoms with van der Waals surface area (Å²) in [5.74, 6) is -1.90. The van der Waals surface area contributed by atoms with E-state index in [1.807, 2.05) is 0 Å². The summed E-state index contributed by atoms with van der Waals surface area (Å²) in [6, 6.07) is 4.64. The Kier molecular flexibility index (Phi) is 3.72. The van der Waals surface area contributed by atoms with Gasteiger partial charge in [-0.2, -0.15) is 5.10 Å². The fraction of sp³-hybridized carbons (Fsp3) is 0.0909. The summed E-state index contributed by atoms with van der Waals surface area (Å²) in [5, 5.41) is 24.5. The molecule has 9 heteroatoms. The summed E-state index contributed by atoms with van der Waals surface area (Å²) in [5.41, 5.74) is 0.0835. The predicted octanol–water partition coefficient (Wildman–Crippen LogP) is 0.292. The second-order valence-corrected chi connectivity index (χ2v) is 5.66. The lowest BCUT2D eigenvalue weighted by Gasteiger charge is -2.07. The van der Waals surface area contributed by atoms with Crippen LogP contribution >= 0.6 is 0 Å². The zero-order chi connectivity index (χ0) is 14.8. The molecule has 4 N–H and O–H groups in total. The lowest BCUT2D eigenvalue weighted by atomic mass is 10.2. The van der Waals surface area contributed by atoms with Gasteiger partial charge in [0, 0.05) is 6.20 Å². The maximum atomic E-state index is 12.0. The molecule has 1 aromatic heterocycles. The normalized spacial score (nSPS) is 11.4. The van der Waals surface area contributed by atoms with Crippen molar-refractivity contribution in [1.29, 1.82) is 0 Å². The predicted molar refractivity (Wildman–Crippen MR) is 67.7 cm³/mol. The van der Waals surface area contributed by atoms with Gasteiger partial charge in [0.05, 0.1) is 17.1 Å². The molecule has 8 nitrogen and oxygen atoms in total. The van der Waals surface area contributed by atoms with Gasteiger partial charge in [-0.05, 0) is 24.3 Å². The third-order valence-electron chi connectivity index (χ3n) is 2.52. The number of hydrogen-bond donors (Lipinski definition) is 4. The van der Waals surface area contributed by atoms with Crippen LogP contribution in [0.15, 0.2) is 35.4 Å². The summed E-state index contributed by atoms with van der Waals surface area (Å²) < 4.78 is 26.3. The third kappa shape index (κ3) is 2.95. The Bertz CT molecular complexity index is 725. The highest BCUT2D eigenvalue weighted by Gasteiger charge is 2.18. The summed E-state index contributed by atoms with van der Waals surface area (Å²) >= 11 is 0. The highest BCUT2D eigenvalue weighted by Crippen LogP contribution is 2.21. The monoisotopic (exact) mass is 297 g/mol. The largest absolute Gasteiger partial charge is 0.507 e. The highest BCUT2D eigenvalue weighted by atomic mass is 32.2. The molecule has 1 aromatic carbocycles. The maximum absolute atomic E-state index is 12.0. The zero-order valence-corrected chi connectivity index (χ0v) is 10.9. The van der Waals surface area contributed by atoms with Crippen LogP contribution in [0.4, 0.5) is 0 Å². The van der Waals surface area contributed by atoms with Crippen molar-refractivity contribution in [2.24, 2.45) is 0 Å². The summed E-state index contributed by atoms with van der Waals surface area (Å²) in [4.78, 5) is 10.6. The smallest absolute Gasteiger partial charge is 0.339 e. The minimum Gasteiger partial charge on any atom is -0.507 e. The van der Waals surface area contributed by atoms with Crippen LogP contribution < -0.4 is 4.72 Å². The molecule has 20 heavy (non-hydrogen) atoms. The topological polar surface area (TPSA) is 132 Å². The Morgan fingerprint density at radius 2 is 2.10 bits per heavy atom. The van der Waals surface area contributed by atoms with Crippen molar-refractivity contribution in [3.8, 4) is 5.75 Å². The Morgan fingerprint density at radius 1 is 1.35 bits per heavy atom. The number of carboxylic acid groups (broad SMARTS) is 1. The van der Waals surface area contributed by atoms with E-state index in [2.05, 4.69) is 14.9 Å². The Hall–Kier alpha value is -2.39. The minimum atomic E-state index is -3.88. The van der Waals surface area contributed by atoms with Gasteiger partial charge < -0.3 is 10.2 Å². The molecule has 2 rings (SSSR count). The molecule has 0 unspecified atom stereocenters. The van der Waals surface area contributed by atoms with Gasteiger partial charge in [0.15, 0.2) is 0 Å². The number of sulfonamides is 1. The second kappa shape index (κ2) is 5.31. The maximum Gasteiger partial charge on any atom is 0.339 e. The average Bonchev–Trinajstić information content (AvgIpc) is 2.89. The van der Waals surface area contributed by atoms with E-state index in [1.54, 1.807) is 6.07 Å². The SMILES string of the molecule is O=C(O)c1cc(S(=O)(=O)NCc2ccn[nH]2)ccc1O. The first-order chi connectivity index (χ1) is 9.40. The first-order valence-electron chi connectivity index (χ1n) is 5.44. The molecular formula is C11H11N3O5S. The van der Waals surface area contributed by atoms with Crippen molar-refractivity contribution in [3.05, 3.63) is 41.7 Å². The standard InChI is InChI=1S/C11H11N3O5S/c15-10-2-1-8(5-9(10)11(16)17)20(18,19)13-6-7-3-4-12-14-7/h1-5,13,15H,6H2,(H,12,14)(H,16,17). The number of aromatic amines is 1. The van der Waals surface area contributed by atoms with Crippen LogP contribution in [0.5, 0.6) is 5.75 Å². The van der Waals surface area contributed by atoms with Crippen LogP contribution in [0.25, 0.3) is 0 Å². The van der Waals surface area contributed by atoms with Crippen molar-refractivity contribution in [2.45, 2.75) is 11.4 Å². The van der Waals surface area contributed by atoms with Crippen LogP contribution in [0.2, 0.25) is 0 Å². The lowest BCUT2D eigenvalue weighted by molar-refractivity contribution is 0.0693. The van der Waals surface area contributed by atoms with Crippen molar-refractivity contribution in [1.82, 2.24) is 14.9 Å². The molecule has 0 saturated carbocycles. The number of phenols is 1. The van der Waals surface area contributed by atoms with Crippen LogP contribution in [-0.2, 0) is 16.6 Å². The van der Waals surface area contributed by atoms with Crippen molar-refractivity contribution >= 4 is 16.0 Å². The molecule has 0 bridgehead atoms. The van der Waals surface area contributed by atoms with Crippen molar-refractivity contribution in [3.63, 3.8) is 0 Å². The van der Waals surface area contributed by atoms with E-state index in [4.69, 9.17) is 5.11 Å². The molecule has 0 aliphatic heterocycles. The first-order valence-corrected chi connectivity index (χ1v) is 6.93. The van der Waals surface area contributed by atoms with Crippen LogP contribution in [0.1, 0.15) is 16.1 Å². The number of aromatic hydroxyl groups is 1. The number of benzene rings is 1. The molecule has 0 aliphatic carbocycles. The number of nitrogens with one attached hydrogen (secondary N) is 2. The van der Waals surface area contributed by atoms with Gasteiger partial charge in [-0.1, -0.05) is 0 Å². The number of H-pyrrole nitrogens is 1. The third-order valence-corrected chi connectivity index (χ3v) is 3.92. The molecule has 0 atom stereocenters. The summed E-state index contributed by atoms with van der Waals surface area (Å²) in [6.07, 6.45) is 1.48. The van der Waals surface area contributed by atoms with Gasteiger partial charge in [-0.3, -0.25) is 5.10 Å². The molecule has 0 amide bonds. The molecule has 1 heterocycles. The minimum absolute atomic E-state index is 0.00832. The molecular weight excluding hydrogens is 286 g/mol. The summed E-state index contributed by atoms with van der Waals surface area (Å²) in [7, 11) is -3.88. The van der Waals surface area contributed by atoms with Gasteiger partial charge in [-0.15, -0.1) is 0 Å². The van der Waals surface area contributed by atoms with Crippen LogP contribution in [0.3, 0.4) is 0 Å². The van der Waals surface area contributed by atoms with E-state index in [0.717, 1.165) is 18.2 Å². The lowest BCUT2D eigenvalue weighted by Crippen LogP contribution is -2.23. The highest BCUT2D eigenvalue weighted by molar-refractivity contribution is 7.89. The van der Waals surface area contributed by atoms with Gasteiger partial charge in [0.2, 0.25) is 10.0 Å². The molecule has 0 aliphatic rings. The van der Waals surface area contributed by atoms with Gasteiger partial charge in [0.25, 0.3) is 0 Å². The fourth-order valence-corrected chi connectivity index (χ4v) is 2.53. The molecule has 0 radical (unpaired) electrons. The molecule has 106 valence electrons. The fourth-order valence-electron chi connectivity index (χ4n) is 1.49. The Balaban J connectivity index is 2.25. The Morgan fingerprint density at radius 3 is 2.70 bits per heavy atom. The first kappa shape index (κ1) is 14.0. The number of carboxylic acids is 1. The van der Waals surface area contributed by atoms with E-state index in [9.17, 15) is 18.3 Å². The number of hydrogen-bond acceptors (Lipinski definition) is 5. The van der Waals surface area contributed by atoms with Gasteiger partial charge in [-0.25, -0.2) is 17.9 Å². The van der Waals surface area contributed by atoms with E-state index in [-0.39, 0.29) is 11.4 Å². The van der Waals surface area contributed by atoms with E-state index in [1.165, 1.54) is 6.20 Å². The zero-order valence-electron chi connectivity index (χ0n) is 10.1. The van der Waals surface area contributed by atoms with Crippen LogP contribution in [-0.4, -0.2) is 34.8 Å². The number of rotatable bonds is 5. The van der Waals surface area contributed by atoms with E-state index < -0.39 is 27.3 Å². The number of carbonyl (C=O) groups is 1. The number of aromatic carboxylic acids is 1. The van der Waals surface area contributed by atoms with Crippen molar-refractivity contribution in [2.75, 3.05) is 0 Å². The molecule has 2 aromatic rings. The molecule has 0 saturated heterocycles. The second-order valence-electron chi connectivity index (χ2n) is 3.89. The summed E-state index contributed by atoms with van der Waals surface area (Å²) in [6.45, 7) is -0.00832. The van der Waals surface area contributed by atoms with Crippen LogP contribution in [0, 0.1) is 0 Å². The average molecular weight is 297 g/mol.